The highest BCUT2D eigenvalue weighted by atomic mass is 32.2. The first-order chi connectivity index (χ1) is 12.9. The number of nitrogens with zero attached hydrogens (tertiary/aromatic N) is 1. The van der Waals surface area contributed by atoms with Crippen LogP contribution >= 0.6 is 0 Å². The fraction of sp³-hybridized carbons (Fsp3) is 0.350. The number of rotatable bonds is 6. The van der Waals surface area contributed by atoms with Crippen molar-refractivity contribution in [1.82, 2.24) is 10.2 Å². The Balaban J connectivity index is 1.71. The lowest BCUT2D eigenvalue weighted by Gasteiger charge is -2.17. The molecule has 27 heavy (non-hydrogen) atoms. The smallest absolute Gasteiger partial charge is 0.261 e. The van der Waals surface area contributed by atoms with Gasteiger partial charge in [-0.25, -0.2) is 8.42 Å². The van der Waals surface area contributed by atoms with Crippen LogP contribution in [0.3, 0.4) is 0 Å². The lowest BCUT2D eigenvalue weighted by atomic mass is 10.1. The van der Waals surface area contributed by atoms with E-state index >= 15 is 0 Å². The zero-order valence-electron chi connectivity index (χ0n) is 15.6. The molecule has 144 valence electrons. The molecule has 1 atom stereocenters. The molecule has 7 heteroatoms. The third-order valence-corrected chi connectivity index (χ3v) is 6.25. The number of carbonyl (C=O) groups is 1. The molecule has 2 N–H and O–H groups in total. The minimum absolute atomic E-state index is 0.0515. The lowest BCUT2D eigenvalue weighted by Crippen LogP contribution is -2.30. The Hall–Kier alpha value is -2.38. The van der Waals surface area contributed by atoms with E-state index in [1.54, 1.807) is 24.3 Å². The summed E-state index contributed by atoms with van der Waals surface area (Å²) in [6, 6.07) is 13.3. The van der Waals surface area contributed by atoms with Crippen molar-refractivity contribution in [3.8, 4) is 0 Å². The second-order valence-electron chi connectivity index (χ2n) is 6.91. The first-order valence-corrected chi connectivity index (χ1v) is 10.5. The molecule has 6 nitrogen and oxygen atoms in total. The first kappa shape index (κ1) is 19.4. The van der Waals surface area contributed by atoms with Gasteiger partial charge >= 0.3 is 0 Å². The van der Waals surface area contributed by atoms with Gasteiger partial charge in [-0.1, -0.05) is 18.2 Å². The van der Waals surface area contributed by atoms with Gasteiger partial charge in [-0.05, 0) is 68.8 Å². The zero-order valence-corrected chi connectivity index (χ0v) is 16.4. The fourth-order valence-corrected chi connectivity index (χ4v) is 4.45. The number of carbonyl (C=O) groups excluding carboxylic acids is 1. The maximum atomic E-state index is 12.6. The van der Waals surface area contributed by atoms with Gasteiger partial charge in [0.1, 0.15) is 0 Å². The maximum Gasteiger partial charge on any atom is 0.261 e. The van der Waals surface area contributed by atoms with Crippen LogP contribution in [-0.4, -0.2) is 45.9 Å². The molecule has 0 aromatic heterocycles. The quantitative estimate of drug-likeness (QED) is 0.798. The van der Waals surface area contributed by atoms with E-state index in [2.05, 4.69) is 10.0 Å². The van der Waals surface area contributed by atoms with E-state index in [-0.39, 0.29) is 10.8 Å². The number of nitrogens with one attached hydrogen (secondary N) is 2. The molecule has 0 radical (unpaired) electrons. The third kappa shape index (κ3) is 4.48. The molecule has 1 saturated heterocycles. The van der Waals surface area contributed by atoms with Crippen molar-refractivity contribution in [2.24, 2.45) is 5.92 Å². The number of likely N-dealkylation sites (tertiary alicyclic amines) is 1. The summed E-state index contributed by atoms with van der Waals surface area (Å²) >= 11 is 0. The van der Waals surface area contributed by atoms with Crippen molar-refractivity contribution >= 4 is 21.6 Å². The Bertz CT molecular complexity index is 910. The molecule has 1 amide bonds. The summed E-state index contributed by atoms with van der Waals surface area (Å²) in [7, 11) is -1.79. The van der Waals surface area contributed by atoms with Gasteiger partial charge in [-0.3, -0.25) is 9.52 Å². The molecule has 0 saturated carbocycles. The molecule has 0 aliphatic carbocycles. The Kier molecular flexibility index (Phi) is 5.82. The molecular formula is C20H25N3O3S. The molecule has 1 aliphatic heterocycles. The molecule has 1 fully saturated rings. The van der Waals surface area contributed by atoms with E-state index < -0.39 is 10.0 Å². The summed E-state index contributed by atoms with van der Waals surface area (Å²) in [6.45, 7) is 4.21. The minimum Gasteiger partial charge on any atom is -0.338 e. The number of benzene rings is 2. The van der Waals surface area contributed by atoms with Gasteiger partial charge in [0, 0.05) is 18.7 Å². The summed E-state index contributed by atoms with van der Waals surface area (Å²) in [5.41, 5.74) is 1.90. The number of aryl methyl sites for hydroxylation is 1. The number of hydrogen-bond acceptors (Lipinski definition) is 4. The number of sulfonamides is 1. The monoisotopic (exact) mass is 387 g/mol. The summed E-state index contributed by atoms with van der Waals surface area (Å²) in [5.74, 6) is 0.418. The van der Waals surface area contributed by atoms with Crippen LogP contribution in [0.15, 0.2) is 53.4 Å². The average Bonchev–Trinajstić information content (AvgIpc) is 3.12. The van der Waals surface area contributed by atoms with Crippen molar-refractivity contribution in [2.45, 2.75) is 18.2 Å². The minimum atomic E-state index is -3.70. The highest BCUT2D eigenvalue weighted by Gasteiger charge is 2.26. The summed E-state index contributed by atoms with van der Waals surface area (Å²) in [4.78, 5) is 14.6. The van der Waals surface area contributed by atoms with Crippen LogP contribution < -0.4 is 10.0 Å². The Morgan fingerprint density at radius 3 is 2.52 bits per heavy atom. The molecule has 1 unspecified atom stereocenters. The van der Waals surface area contributed by atoms with Gasteiger partial charge in [0.15, 0.2) is 0 Å². The van der Waals surface area contributed by atoms with E-state index in [4.69, 9.17) is 0 Å². The van der Waals surface area contributed by atoms with Crippen LogP contribution in [0.5, 0.6) is 0 Å². The van der Waals surface area contributed by atoms with Crippen molar-refractivity contribution < 1.29 is 13.2 Å². The van der Waals surface area contributed by atoms with Crippen LogP contribution in [0.1, 0.15) is 22.3 Å². The molecule has 2 aromatic carbocycles. The second kappa shape index (κ2) is 8.10. The number of hydrogen-bond donors (Lipinski definition) is 2. The topological polar surface area (TPSA) is 78.5 Å². The molecule has 0 bridgehead atoms. The standard InChI is InChI=1S/C20H25N3O3S/c1-15-5-3-4-6-19(15)22-27(25,26)18-9-7-17(8-10-18)20(24)23-12-11-16(14-23)13-21-2/h3-10,16,21-22H,11-14H2,1-2H3. The molecule has 3 rings (SSSR count). The van der Waals surface area contributed by atoms with Gasteiger partial charge in [0.05, 0.1) is 10.6 Å². The first-order valence-electron chi connectivity index (χ1n) is 9.03. The van der Waals surface area contributed by atoms with Gasteiger partial charge in [-0.15, -0.1) is 0 Å². The fourth-order valence-electron chi connectivity index (χ4n) is 3.32. The highest BCUT2D eigenvalue weighted by Crippen LogP contribution is 2.21. The van der Waals surface area contributed by atoms with Crippen LogP contribution in [0, 0.1) is 12.8 Å². The SMILES string of the molecule is CNCC1CCN(C(=O)c2ccc(S(=O)(=O)Nc3ccccc3C)cc2)C1. The summed E-state index contributed by atoms with van der Waals surface area (Å²) < 4.78 is 27.8. The highest BCUT2D eigenvalue weighted by molar-refractivity contribution is 7.92. The second-order valence-corrected chi connectivity index (χ2v) is 8.59. The van der Waals surface area contributed by atoms with Crippen molar-refractivity contribution in [2.75, 3.05) is 31.4 Å². The normalized spacial score (nSPS) is 17.1. The molecule has 1 aliphatic rings. The van der Waals surface area contributed by atoms with Gasteiger partial charge < -0.3 is 10.2 Å². The Morgan fingerprint density at radius 1 is 1.15 bits per heavy atom. The van der Waals surface area contributed by atoms with Crippen molar-refractivity contribution in [1.29, 1.82) is 0 Å². The van der Waals surface area contributed by atoms with E-state index in [0.29, 0.717) is 17.2 Å². The average molecular weight is 388 g/mol. The Morgan fingerprint density at radius 2 is 1.85 bits per heavy atom. The molecule has 1 heterocycles. The molecular weight excluding hydrogens is 362 g/mol. The molecule has 0 spiro atoms. The van der Waals surface area contributed by atoms with Gasteiger partial charge in [0.2, 0.25) is 0 Å². The van der Waals surface area contributed by atoms with E-state index in [1.807, 2.05) is 31.0 Å². The number of para-hydroxylation sites is 1. The number of anilines is 1. The predicted molar refractivity (Wildman–Crippen MR) is 106 cm³/mol. The largest absolute Gasteiger partial charge is 0.338 e. The van der Waals surface area contributed by atoms with Crippen LogP contribution in [0.4, 0.5) is 5.69 Å². The van der Waals surface area contributed by atoms with E-state index in [9.17, 15) is 13.2 Å². The maximum absolute atomic E-state index is 12.6. The van der Waals surface area contributed by atoms with Crippen molar-refractivity contribution in [3.63, 3.8) is 0 Å². The van der Waals surface area contributed by atoms with Crippen molar-refractivity contribution in [3.05, 3.63) is 59.7 Å². The lowest BCUT2D eigenvalue weighted by molar-refractivity contribution is 0.0787. The van der Waals surface area contributed by atoms with E-state index in [0.717, 1.165) is 31.6 Å². The number of amides is 1. The zero-order chi connectivity index (χ0) is 19.4. The summed E-state index contributed by atoms with van der Waals surface area (Å²) in [5, 5.41) is 3.15. The summed E-state index contributed by atoms with van der Waals surface area (Å²) in [6.07, 6.45) is 0.986. The van der Waals surface area contributed by atoms with Crippen LogP contribution in [-0.2, 0) is 10.0 Å². The predicted octanol–water partition coefficient (Wildman–Crippen LogP) is 2.48. The third-order valence-electron chi connectivity index (χ3n) is 4.87. The molecule has 2 aromatic rings. The van der Waals surface area contributed by atoms with Gasteiger partial charge in [-0.2, -0.15) is 0 Å². The van der Waals surface area contributed by atoms with Crippen LogP contribution in [0.2, 0.25) is 0 Å². The van der Waals surface area contributed by atoms with Crippen LogP contribution in [0.25, 0.3) is 0 Å². The van der Waals surface area contributed by atoms with Gasteiger partial charge in [0.25, 0.3) is 15.9 Å². The Labute approximate surface area is 160 Å². The van der Waals surface area contributed by atoms with E-state index in [1.165, 1.54) is 12.1 Å².